The van der Waals surface area contributed by atoms with Crippen LogP contribution in [-0.4, -0.2) is 6.54 Å². The van der Waals surface area contributed by atoms with Crippen molar-refractivity contribution in [2.45, 2.75) is 57.3 Å². The average molecular weight is 711 g/mol. The molecule has 2 nitrogen and oxygen atoms in total. The van der Waals surface area contributed by atoms with E-state index in [1.165, 1.54) is 74.4 Å². The van der Waals surface area contributed by atoms with Gasteiger partial charge in [0.05, 0.1) is 11.4 Å². The molecule has 11 rings (SSSR count). The Kier molecular flexibility index (Phi) is 7.62. The van der Waals surface area contributed by atoms with Gasteiger partial charge in [0.2, 0.25) is 0 Å². The summed E-state index contributed by atoms with van der Waals surface area (Å²) in [5.41, 5.74) is 22.1. The molecule has 1 spiro atoms. The maximum atomic E-state index is 2.66. The van der Waals surface area contributed by atoms with E-state index in [2.05, 4.69) is 175 Å². The van der Waals surface area contributed by atoms with Crippen molar-refractivity contribution in [3.63, 3.8) is 0 Å². The van der Waals surface area contributed by atoms with Crippen molar-refractivity contribution in [2.75, 3.05) is 16.3 Å². The van der Waals surface area contributed by atoms with Gasteiger partial charge in [-0.25, -0.2) is 0 Å². The van der Waals surface area contributed by atoms with E-state index in [9.17, 15) is 0 Å². The van der Waals surface area contributed by atoms with Crippen molar-refractivity contribution in [3.05, 3.63) is 189 Å². The number of para-hydroxylation sites is 2. The second-order valence-corrected chi connectivity index (χ2v) is 16.4. The number of fused-ring (bicyclic) bond motifs is 7. The minimum atomic E-state index is -0.0200. The molecule has 0 bridgehead atoms. The van der Waals surface area contributed by atoms with Gasteiger partial charge in [0.15, 0.2) is 0 Å². The van der Waals surface area contributed by atoms with E-state index in [0.717, 1.165) is 44.3 Å². The Morgan fingerprint density at radius 1 is 0.618 bits per heavy atom. The zero-order chi connectivity index (χ0) is 36.5. The molecule has 0 saturated carbocycles. The number of anilines is 4. The topological polar surface area (TPSA) is 6.48 Å². The number of rotatable bonds is 4. The smallest absolute Gasteiger partial charge is 0.0534 e. The SMILES string of the molecule is CC1CC=CC2=C1CC1(C2)c2cc(C=Cc3ccc(N4c5ccccc5C=Cc5ccccc54)cc3)ccc2-c2ccc(N3CCCC4=C3CCC=C4)cc21. The average Bonchev–Trinajstić information content (AvgIpc) is 3.70. The Hall–Kier alpha value is -5.86. The van der Waals surface area contributed by atoms with Crippen LogP contribution in [0.1, 0.15) is 85.3 Å². The Morgan fingerprint density at radius 3 is 2.07 bits per heavy atom. The fraction of sp³-hybridized carbons (Fsp3) is 0.208. The van der Waals surface area contributed by atoms with Crippen LogP contribution in [0.25, 0.3) is 35.4 Å². The molecule has 2 unspecified atom stereocenters. The summed E-state index contributed by atoms with van der Waals surface area (Å²) in [6, 6.07) is 41.1. The highest BCUT2D eigenvalue weighted by molar-refractivity contribution is 5.93. The van der Waals surface area contributed by atoms with E-state index in [1.807, 2.05) is 0 Å². The minimum absolute atomic E-state index is 0.0200. The van der Waals surface area contributed by atoms with Gasteiger partial charge < -0.3 is 9.80 Å². The monoisotopic (exact) mass is 710 g/mol. The van der Waals surface area contributed by atoms with Gasteiger partial charge in [-0.15, -0.1) is 0 Å². The standard InChI is InChI=1S/C53H46N2/c1-36-10-8-14-42-34-53(35-47(36)42)48-32-38(23-29-45(48)46-30-28-44(33-49(46)53)54-31-9-15-39-11-2-5-16-50(39)54)20-19-37-21-26-43(27-22-37)55-51-17-6-3-12-40(51)24-25-41-13-4-7-18-52(41)55/h2-4,6-8,11-14,17-30,32-33,36H,5,9-10,15-16,31,34-35H2,1H3. The molecule has 4 aliphatic carbocycles. The Labute approximate surface area is 325 Å². The highest BCUT2D eigenvalue weighted by Gasteiger charge is 2.49. The van der Waals surface area contributed by atoms with Crippen LogP contribution in [0.3, 0.4) is 0 Å². The predicted octanol–water partition coefficient (Wildman–Crippen LogP) is 14.0. The van der Waals surface area contributed by atoms with Gasteiger partial charge in [0.25, 0.3) is 0 Å². The third-order valence-corrected chi connectivity index (χ3v) is 13.3. The number of nitrogens with zero attached hydrogens (tertiary/aromatic N) is 2. The number of allylic oxidation sites excluding steroid dienone is 8. The molecule has 5 aromatic carbocycles. The lowest BCUT2D eigenvalue weighted by molar-refractivity contribution is 0.536. The molecule has 0 N–H and O–H groups in total. The second kappa shape index (κ2) is 12.9. The minimum Gasteiger partial charge on any atom is -0.345 e. The molecular weight excluding hydrogens is 665 g/mol. The molecule has 0 radical (unpaired) electrons. The maximum absolute atomic E-state index is 2.66. The molecule has 2 aliphatic heterocycles. The molecule has 2 heteroatoms. The first kappa shape index (κ1) is 32.6. The summed E-state index contributed by atoms with van der Waals surface area (Å²) in [5, 5.41) is 0. The molecule has 2 atom stereocenters. The molecule has 6 aliphatic rings. The number of hydrogen-bond donors (Lipinski definition) is 0. The molecule has 55 heavy (non-hydrogen) atoms. The fourth-order valence-corrected chi connectivity index (χ4v) is 10.6. The first-order chi connectivity index (χ1) is 27.1. The van der Waals surface area contributed by atoms with Gasteiger partial charge in [0, 0.05) is 29.0 Å². The zero-order valence-corrected chi connectivity index (χ0v) is 31.6. The molecule has 0 amide bonds. The highest BCUT2D eigenvalue weighted by atomic mass is 15.2. The molecule has 268 valence electrons. The van der Waals surface area contributed by atoms with Gasteiger partial charge in [0.1, 0.15) is 0 Å². The van der Waals surface area contributed by atoms with E-state index in [0.29, 0.717) is 5.92 Å². The van der Waals surface area contributed by atoms with Gasteiger partial charge in [-0.3, -0.25) is 0 Å². The molecule has 2 heterocycles. The summed E-state index contributed by atoms with van der Waals surface area (Å²) in [5.74, 6) is 0.609. The summed E-state index contributed by atoms with van der Waals surface area (Å²) in [7, 11) is 0. The Bertz CT molecular complexity index is 2520. The van der Waals surface area contributed by atoms with Crippen molar-refractivity contribution in [2.24, 2.45) is 5.92 Å². The number of benzene rings is 5. The lowest BCUT2D eigenvalue weighted by Gasteiger charge is -2.36. The third-order valence-electron chi connectivity index (χ3n) is 13.3. The summed E-state index contributed by atoms with van der Waals surface area (Å²) in [6.07, 6.45) is 26.8. The van der Waals surface area contributed by atoms with Crippen molar-refractivity contribution < 1.29 is 0 Å². The quantitative estimate of drug-likeness (QED) is 0.168. The van der Waals surface area contributed by atoms with Crippen LogP contribution < -0.4 is 9.80 Å². The van der Waals surface area contributed by atoms with Crippen molar-refractivity contribution >= 4 is 47.1 Å². The molecular formula is C53H46N2. The predicted molar refractivity (Wildman–Crippen MR) is 233 cm³/mol. The van der Waals surface area contributed by atoms with Crippen molar-refractivity contribution in [3.8, 4) is 11.1 Å². The normalized spacial score (nSPS) is 21.8. The summed E-state index contributed by atoms with van der Waals surface area (Å²) >= 11 is 0. The fourth-order valence-electron chi connectivity index (χ4n) is 10.6. The van der Waals surface area contributed by atoms with E-state index < -0.39 is 0 Å². The number of hydrogen-bond acceptors (Lipinski definition) is 2. The van der Waals surface area contributed by atoms with Gasteiger partial charge in [-0.2, -0.15) is 0 Å². The lowest BCUT2D eigenvalue weighted by atomic mass is 9.74. The van der Waals surface area contributed by atoms with Crippen LogP contribution in [-0.2, 0) is 5.41 Å². The first-order valence-electron chi connectivity index (χ1n) is 20.4. The Balaban J connectivity index is 0.937. The van der Waals surface area contributed by atoms with Gasteiger partial charge >= 0.3 is 0 Å². The van der Waals surface area contributed by atoms with Crippen LogP contribution >= 0.6 is 0 Å². The van der Waals surface area contributed by atoms with E-state index >= 15 is 0 Å². The zero-order valence-electron chi connectivity index (χ0n) is 31.6. The van der Waals surface area contributed by atoms with E-state index in [-0.39, 0.29) is 5.41 Å². The molecule has 0 aromatic heterocycles. The van der Waals surface area contributed by atoms with Gasteiger partial charge in [-0.05, 0) is 143 Å². The van der Waals surface area contributed by atoms with Crippen LogP contribution in [0.4, 0.5) is 22.7 Å². The molecule has 5 aromatic rings. The maximum Gasteiger partial charge on any atom is 0.0534 e. The van der Waals surface area contributed by atoms with Gasteiger partial charge in [-0.1, -0.05) is 134 Å². The van der Waals surface area contributed by atoms with Crippen LogP contribution in [0.2, 0.25) is 0 Å². The first-order valence-corrected chi connectivity index (χ1v) is 20.4. The summed E-state index contributed by atoms with van der Waals surface area (Å²) in [6.45, 7) is 3.56. The van der Waals surface area contributed by atoms with E-state index in [4.69, 9.17) is 0 Å². The van der Waals surface area contributed by atoms with Crippen LogP contribution in [0, 0.1) is 5.92 Å². The van der Waals surface area contributed by atoms with Crippen LogP contribution in [0.15, 0.2) is 156 Å². The lowest BCUT2D eigenvalue weighted by Crippen LogP contribution is -2.30. The Morgan fingerprint density at radius 2 is 1.29 bits per heavy atom. The summed E-state index contributed by atoms with van der Waals surface area (Å²) < 4.78 is 0. The highest BCUT2D eigenvalue weighted by Crippen LogP contribution is 2.61. The van der Waals surface area contributed by atoms with Crippen LogP contribution in [0.5, 0.6) is 0 Å². The van der Waals surface area contributed by atoms with E-state index in [1.54, 1.807) is 22.4 Å². The van der Waals surface area contributed by atoms with Crippen molar-refractivity contribution in [1.82, 2.24) is 0 Å². The third kappa shape index (κ3) is 5.29. The van der Waals surface area contributed by atoms with Crippen molar-refractivity contribution in [1.29, 1.82) is 0 Å². The largest absolute Gasteiger partial charge is 0.345 e. The summed E-state index contributed by atoms with van der Waals surface area (Å²) in [4.78, 5) is 5.05. The molecule has 0 fully saturated rings. The molecule has 0 saturated heterocycles. The second-order valence-electron chi connectivity index (χ2n) is 16.4.